The van der Waals surface area contributed by atoms with Crippen LogP contribution in [-0.4, -0.2) is 30.1 Å². The van der Waals surface area contributed by atoms with Gasteiger partial charge in [0.1, 0.15) is 18.1 Å². The number of nitrogens with zero attached hydrogens (tertiary/aromatic N) is 5. The standard InChI is InChI=1S/C27H27FN6O2/c1-3-25(26-30-31-32-34(26)17-23-5-4-12-36-23)33(15-19-7-10-22(28)11-8-19)16-21-14-20-9-6-18(2)13-24(20)29-27(21)35/h4-14,25H,3,15-17H2,1-2H3,(H,29,35)/t25-/m1/s1. The smallest absolute Gasteiger partial charge is 0.252 e. The van der Waals surface area contributed by atoms with Crippen molar-refractivity contribution >= 4 is 10.9 Å². The third kappa shape index (κ3) is 5.11. The van der Waals surface area contributed by atoms with E-state index >= 15 is 0 Å². The number of benzene rings is 2. The summed E-state index contributed by atoms with van der Waals surface area (Å²) in [5.41, 5.74) is 3.31. The molecule has 0 aliphatic rings. The van der Waals surface area contributed by atoms with Gasteiger partial charge in [0.15, 0.2) is 5.82 Å². The molecule has 0 unspecified atom stereocenters. The lowest BCUT2D eigenvalue weighted by molar-refractivity contribution is 0.161. The number of fused-ring (bicyclic) bond motifs is 1. The molecule has 3 heterocycles. The van der Waals surface area contributed by atoms with Crippen LogP contribution in [-0.2, 0) is 19.6 Å². The van der Waals surface area contributed by atoms with Gasteiger partial charge in [-0.15, -0.1) is 5.10 Å². The maximum atomic E-state index is 13.6. The number of aromatic nitrogens is 5. The molecular formula is C27H27FN6O2. The van der Waals surface area contributed by atoms with Crippen molar-refractivity contribution in [2.24, 2.45) is 0 Å². The summed E-state index contributed by atoms with van der Waals surface area (Å²) in [5.74, 6) is 1.12. The summed E-state index contributed by atoms with van der Waals surface area (Å²) in [6, 6.07) is 17.8. The topological polar surface area (TPSA) is 92.8 Å². The van der Waals surface area contributed by atoms with Crippen molar-refractivity contribution in [1.82, 2.24) is 30.1 Å². The third-order valence-corrected chi connectivity index (χ3v) is 6.32. The molecular weight excluding hydrogens is 459 g/mol. The van der Waals surface area contributed by atoms with Crippen LogP contribution in [0.4, 0.5) is 4.39 Å². The van der Waals surface area contributed by atoms with Gasteiger partial charge >= 0.3 is 0 Å². The fraction of sp³-hybridized carbons (Fsp3) is 0.259. The lowest BCUT2D eigenvalue weighted by atomic mass is 10.1. The largest absolute Gasteiger partial charge is 0.467 e. The number of hydrogen-bond acceptors (Lipinski definition) is 6. The van der Waals surface area contributed by atoms with Crippen LogP contribution < -0.4 is 5.56 Å². The molecule has 9 heteroatoms. The minimum atomic E-state index is -0.291. The molecule has 0 fully saturated rings. The van der Waals surface area contributed by atoms with Crippen LogP contribution in [0.5, 0.6) is 0 Å². The molecule has 0 aliphatic heterocycles. The van der Waals surface area contributed by atoms with Crippen molar-refractivity contribution in [2.75, 3.05) is 0 Å². The minimum absolute atomic E-state index is 0.137. The van der Waals surface area contributed by atoms with E-state index in [-0.39, 0.29) is 17.4 Å². The minimum Gasteiger partial charge on any atom is -0.467 e. The summed E-state index contributed by atoms with van der Waals surface area (Å²) < 4.78 is 20.8. The predicted molar refractivity (Wildman–Crippen MR) is 134 cm³/mol. The zero-order chi connectivity index (χ0) is 25.1. The summed E-state index contributed by atoms with van der Waals surface area (Å²) in [4.78, 5) is 18.2. The van der Waals surface area contributed by atoms with Crippen LogP contribution >= 0.6 is 0 Å². The molecule has 2 aromatic carbocycles. The van der Waals surface area contributed by atoms with Crippen molar-refractivity contribution < 1.29 is 8.81 Å². The fourth-order valence-corrected chi connectivity index (χ4v) is 4.51. The lowest BCUT2D eigenvalue weighted by Crippen LogP contribution is -2.32. The van der Waals surface area contributed by atoms with E-state index in [0.717, 1.165) is 27.8 Å². The molecule has 0 radical (unpaired) electrons. The first-order valence-electron chi connectivity index (χ1n) is 11.9. The molecule has 36 heavy (non-hydrogen) atoms. The van der Waals surface area contributed by atoms with E-state index in [4.69, 9.17) is 4.42 Å². The average Bonchev–Trinajstić information content (AvgIpc) is 3.54. The van der Waals surface area contributed by atoms with Gasteiger partial charge in [0.05, 0.1) is 12.3 Å². The van der Waals surface area contributed by atoms with Gasteiger partial charge in [-0.1, -0.05) is 31.2 Å². The first-order valence-corrected chi connectivity index (χ1v) is 11.9. The van der Waals surface area contributed by atoms with Crippen LogP contribution in [0.1, 0.15) is 47.7 Å². The van der Waals surface area contributed by atoms with E-state index in [9.17, 15) is 9.18 Å². The highest BCUT2D eigenvalue weighted by Gasteiger charge is 2.26. The number of H-pyrrole nitrogens is 1. The second-order valence-corrected chi connectivity index (χ2v) is 8.94. The van der Waals surface area contributed by atoms with Gasteiger partial charge in [-0.3, -0.25) is 9.69 Å². The van der Waals surface area contributed by atoms with Crippen molar-refractivity contribution in [3.05, 3.63) is 111 Å². The monoisotopic (exact) mass is 486 g/mol. The van der Waals surface area contributed by atoms with Crippen LogP contribution in [0, 0.1) is 12.7 Å². The van der Waals surface area contributed by atoms with Gasteiger partial charge in [-0.25, -0.2) is 9.07 Å². The van der Waals surface area contributed by atoms with E-state index < -0.39 is 0 Å². The Morgan fingerprint density at radius 3 is 2.69 bits per heavy atom. The molecule has 5 aromatic rings. The zero-order valence-corrected chi connectivity index (χ0v) is 20.2. The Bertz CT molecular complexity index is 1510. The summed E-state index contributed by atoms with van der Waals surface area (Å²) >= 11 is 0. The zero-order valence-electron chi connectivity index (χ0n) is 20.2. The predicted octanol–water partition coefficient (Wildman–Crippen LogP) is 4.76. The number of rotatable bonds is 9. The normalized spacial score (nSPS) is 12.4. The quantitative estimate of drug-likeness (QED) is 0.323. The number of aryl methyl sites for hydroxylation is 1. The molecule has 184 valence electrons. The first kappa shape index (κ1) is 23.6. The van der Waals surface area contributed by atoms with Crippen molar-refractivity contribution in [1.29, 1.82) is 0 Å². The Morgan fingerprint density at radius 2 is 1.94 bits per heavy atom. The van der Waals surface area contributed by atoms with Gasteiger partial charge in [0, 0.05) is 24.2 Å². The summed E-state index contributed by atoms with van der Waals surface area (Å²) in [5, 5.41) is 13.4. The van der Waals surface area contributed by atoms with Crippen LogP contribution in [0.3, 0.4) is 0 Å². The van der Waals surface area contributed by atoms with Gasteiger partial charge in [-0.2, -0.15) is 0 Å². The van der Waals surface area contributed by atoms with E-state index in [1.165, 1.54) is 12.1 Å². The molecule has 0 aliphatic carbocycles. The van der Waals surface area contributed by atoms with Crippen LogP contribution in [0.15, 0.2) is 76.1 Å². The highest BCUT2D eigenvalue weighted by atomic mass is 19.1. The Kier molecular flexibility index (Phi) is 6.73. The maximum absolute atomic E-state index is 13.6. The van der Waals surface area contributed by atoms with Gasteiger partial charge in [-0.05, 0) is 76.7 Å². The Balaban J connectivity index is 1.52. The van der Waals surface area contributed by atoms with Gasteiger partial charge < -0.3 is 9.40 Å². The van der Waals surface area contributed by atoms with Crippen LogP contribution in [0.2, 0.25) is 0 Å². The average molecular weight is 487 g/mol. The van der Waals surface area contributed by atoms with Crippen molar-refractivity contribution in [3.63, 3.8) is 0 Å². The number of aromatic amines is 1. The number of hydrogen-bond donors (Lipinski definition) is 1. The van der Waals surface area contributed by atoms with Gasteiger partial charge in [0.2, 0.25) is 0 Å². The molecule has 5 rings (SSSR count). The molecule has 3 aromatic heterocycles. The van der Waals surface area contributed by atoms with E-state index in [2.05, 4.69) is 32.3 Å². The fourth-order valence-electron chi connectivity index (χ4n) is 4.51. The molecule has 1 N–H and O–H groups in total. The summed E-state index contributed by atoms with van der Waals surface area (Å²) in [7, 11) is 0. The van der Waals surface area contributed by atoms with E-state index in [1.54, 1.807) is 23.1 Å². The third-order valence-electron chi connectivity index (χ3n) is 6.32. The van der Waals surface area contributed by atoms with Crippen molar-refractivity contribution in [3.8, 4) is 0 Å². The first-order chi connectivity index (χ1) is 17.5. The highest BCUT2D eigenvalue weighted by Crippen LogP contribution is 2.27. The van der Waals surface area contributed by atoms with E-state index in [1.807, 2.05) is 43.3 Å². The highest BCUT2D eigenvalue weighted by molar-refractivity contribution is 5.79. The van der Waals surface area contributed by atoms with Gasteiger partial charge in [0.25, 0.3) is 5.56 Å². The lowest BCUT2D eigenvalue weighted by Gasteiger charge is -2.30. The molecule has 0 saturated heterocycles. The second kappa shape index (κ2) is 10.2. The molecule has 1 atom stereocenters. The molecule has 0 spiro atoms. The number of pyridine rings is 1. The number of nitrogens with one attached hydrogen (secondary N) is 1. The summed E-state index contributed by atoms with van der Waals surface area (Å²) in [6.07, 6.45) is 2.31. The number of halogens is 1. The molecule has 0 saturated carbocycles. The van der Waals surface area contributed by atoms with Crippen molar-refractivity contribution in [2.45, 2.75) is 45.9 Å². The maximum Gasteiger partial charge on any atom is 0.252 e. The number of tetrazole rings is 1. The molecule has 8 nitrogen and oxygen atoms in total. The second-order valence-electron chi connectivity index (χ2n) is 8.94. The number of furan rings is 1. The van der Waals surface area contributed by atoms with E-state index in [0.29, 0.717) is 37.4 Å². The van der Waals surface area contributed by atoms with Crippen LogP contribution in [0.25, 0.3) is 10.9 Å². The Labute approximate surface area is 207 Å². The molecule has 0 amide bonds. The Hall–Kier alpha value is -4.11. The SMILES string of the molecule is CC[C@H](c1nnnn1Cc1ccco1)N(Cc1ccc(F)cc1)Cc1cc2ccc(C)cc2[nH]c1=O. The summed E-state index contributed by atoms with van der Waals surface area (Å²) in [6.45, 7) is 5.29. The molecule has 0 bridgehead atoms. The Morgan fingerprint density at radius 1 is 1.11 bits per heavy atom.